The first-order chi connectivity index (χ1) is 21.8. The SMILES string of the molecule is CC[C@H]1OC(=O)[C@H](C)C(O)[C@H](C)[C@@H](O[C@@H]2O[C@H](C)C[C@H](N(C)C)[C@H]2O)[C@](C)(O)C[C@@H](C)/C(=N\OCOCCOC)[C@H](C)[C@@H](O)[C@]1(C)O. The number of esters is 1. The fraction of sp³-hybridized carbons (Fsp3) is 0.939. The molecule has 0 saturated carbocycles. The van der Waals surface area contributed by atoms with Crippen molar-refractivity contribution in [3.8, 4) is 0 Å². The Hall–Kier alpha value is -1.46. The maximum atomic E-state index is 13.4. The number of likely N-dealkylation sites (N-methyl/N-ethyl adjacent to an activating group) is 1. The van der Waals surface area contributed by atoms with Crippen LogP contribution in [0.3, 0.4) is 0 Å². The van der Waals surface area contributed by atoms with Crippen LogP contribution in [0, 0.1) is 23.7 Å². The number of carbonyl (C=O) groups excluding carboxylic acids is 1. The van der Waals surface area contributed by atoms with Gasteiger partial charge in [-0.1, -0.05) is 32.9 Å². The maximum absolute atomic E-state index is 13.4. The number of ether oxygens (including phenoxy) is 5. The molecule has 14 nitrogen and oxygen atoms in total. The molecule has 2 aliphatic heterocycles. The topological polar surface area (TPSA) is 189 Å². The minimum absolute atomic E-state index is 0.00777. The predicted molar refractivity (Wildman–Crippen MR) is 173 cm³/mol. The van der Waals surface area contributed by atoms with Crippen molar-refractivity contribution >= 4 is 11.7 Å². The van der Waals surface area contributed by atoms with Crippen LogP contribution >= 0.6 is 0 Å². The lowest BCUT2D eigenvalue weighted by Gasteiger charge is -2.47. The van der Waals surface area contributed by atoms with Crippen molar-refractivity contribution in [3.63, 3.8) is 0 Å². The Bertz CT molecular complexity index is 995. The molecule has 47 heavy (non-hydrogen) atoms. The molecule has 0 radical (unpaired) electrons. The number of rotatable bonds is 10. The van der Waals surface area contributed by atoms with E-state index in [1.54, 1.807) is 41.7 Å². The van der Waals surface area contributed by atoms with E-state index < -0.39 is 77.7 Å². The Kier molecular flexibility index (Phi) is 16.0. The Morgan fingerprint density at radius 2 is 1.64 bits per heavy atom. The Balaban J connectivity index is 2.61. The van der Waals surface area contributed by atoms with E-state index in [2.05, 4.69) is 5.16 Å². The number of methoxy groups -OCH3 is 1. The third kappa shape index (κ3) is 10.5. The van der Waals surface area contributed by atoms with Gasteiger partial charge in [-0.25, -0.2) is 0 Å². The molecule has 14 heteroatoms. The van der Waals surface area contributed by atoms with E-state index in [9.17, 15) is 30.3 Å². The molecule has 0 aliphatic carbocycles. The van der Waals surface area contributed by atoms with Crippen molar-refractivity contribution in [2.75, 3.05) is 41.2 Å². The number of oxime groups is 1. The molecule has 2 aliphatic rings. The van der Waals surface area contributed by atoms with Gasteiger partial charge in [-0.3, -0.25) is 4.79 Å². The molecule has 0 spiro atoms. The average molecular weight is 679 g/mol. The van der Waals surface area contributed by atoms with Crippen LogP contribution < -0.4 is 0 Å². The molecule has 1 unspecified atom stereocenters. The summed E-state index contributed by atoms with van der Waals surface area (Å²) in [5.41, 5.74) is -3.32. The third-order valence-corrected chi connectivity index (χ3v) is 9.85. The Morgan fingerprint density at radius 3 is 2.21 bits per heavy atom. The molecule has 2 rings (SSSR count). The van der Waals surface area contributed by atoms with E-state index in [-0.39, 0.29) is 38.4 Å². The van der Waals surface area contributed by atoms with Crippen molar-refractivity contribution in [3.05, 3.63) is 0 Å². The lowest BCUT2D eigenvalue weighted by Crippen LogP contribution is -2.60. The fourth-order valence-electron chi connectivity index (χ4n) is 6.93. The van der Waals surface area contributed by atoms with Crippen molar-refractivity contribution in [2.24, 2.45) is 28.8 Å². The molecule has 2 heterocycles. The molecule has 2 fully saturated rings. The van der Waals surface area contributed by atoms with Gasteiger partial charge in [0.1, 0.15) is 17.8 Å². The average Bonchev–Trinajstić information content (AvgIpc) is 3.00. The van der Waals surface area contributed by atoms with Crippen LogP contribution in [0.2, 0.25) is 0 Å². The zero-order valence-electron chi connectivity index (χ0n) is 30.2. The van der Waals surface area contributed by atoms with Crippen LogP contribution in [0.5, 0.6) is 0 Å². The number of hydrogen-bond acceptors (Lipinski definition) is 14. The standard InChI is InChI=1S/C33H62N2O12/c1-12-24-33(8,41)28(38)20(4)25(34-44-17-43-14-13-42-11)18(2)16-32(7,40)29(21(5)26(36)22(6)30(39)46-24)47-31-27(37)23(35(9)10)15-19(3)45-31/h18-24,26-29,31,36-38,40-41H,12-17H2,1-11H3/b34-25+/t18-,19-,20+,21+,22-,23+,24-,26?,27-,28-,29-,31+,32-,33-/m1/s1. The molecule has 5 N–H and O–H groups in total. The fourth-order valence-corrected chi connectivity index (χ4v) is 6.93. The molecule has 0 aromatic rings. The van der Waals surface area contributed by atoms with Gasteiger partial charge in [-0.2, -0.15) is 0 Å². The molecule has 2 saturated heterocycles. The summed E-state index contributed by atoms with van der Waals surface area (Å²) >= 11 is 0. The van der Waals surface area contributed by atoms with Gasteiger partial charge in [0.05, 0.1) is 54.9 Å². The van der Waals surface area contributed by atoms with Gasteiger partial charge in [0.2, 0.25) is 6.79 Å². The second-order valence-corrected chi connectivity index (χ2v) is 14.2. The molecule has 0 bridgehead atoms. The van der Waals surface area contributed by atoms with Crippen molar-refractivity contribution in [2.45, 2.75) is 135 Å². The Labute approximate surface area is 280 Å². The monoisotopic (exact) mass is 678 g/mol. The summed E-state index contributed by atoms with van der Waals surface area (Å²) in [6.07, 6.45) is -6.88. The van der Waals surface area contributed by atoms with Gasteiger partial charge in [0.25, 0.3) is 0 Å². The summed E-state index contributed by atoms with van der Waals surface area (Å²) in [4.78, 5) is 20.8. The first-order valence-corrected chi connectivity index (χ1v) is 16.7. The Morgan fingerprint density at radius 1 is 1.00 bits per heavy atom. The first kappa shape index (κ1) is 41.7. The summed E-state index contributed by atoms with van der Waals surface area (Å²) in [6, 6.07) is -0.289. The van der Waals surface area contributed by atoms with Crippen molar-refractivity contribution in [1.82, 2.24) is 4.90 Å². The van der Waals surface area contributed by atoms with Gasteiger partial charge in [0, 0.05) is 30.9 Å². The minimum Gasteiger partial charge on any atom is -0.459 e. The smallest absolute Gasteiger partial charge is 0.311 e. The van der Waals surface area contributed by atoms with Crippen LogP contribution in [0.15, 0.2) is 5.16 Å². The molecule has 0 amide bonds. The first-order valence-electron chi connectivity index (χ1n) is 16.7. The zero-order valence-corrected chi connectivity index (χ0v) is 30.2. The number of aliphatic hydroxyl groups is 5. The van der Waals surface area contributed by atoms with Gasteiger partial charge in [0.15, 0.2) is 6.29 Å². The number of aliphatic hydroxyl groups excluding tert-OH is 3. The number of nitrogens with zero attached hydrogens (tertiary/aromatic N) is 2. The highest BCUT2D eigenvalue weighted by Crippen LogP contribution is 2.38. The molecular weight excluding hydrogens is 616 g/mol. The molecule has 276 valence electrons. The minimum atomic E-state index is -1.91. The second-order valence-electron chi connectivity index (χ2n) is 14.2. The lowest BCUT2D eigenvalue weighted by atomic mass is 9.73. The lowest BCUT2D eigenvalue weighted by molar-refractivity contribution is -0.298. The zero-order chi connectivity index (χ0) is 35.9. The van der Waals surface area contributed by atoms with E-state index in [4.69, 9.17) is 28.5 Å². The summed E-state index contributed by atoms with van der Waals surface area (Å²) in [5, 5.41) is 62.4. The predicted octanol–water partition coefficient (Wildman–Crippen LogP) is 1.28. The highest BCUT2D eigenvalue weighted by molar-refractivity contribution is 5.88. The van der Waals surface area contributed by atoms with Crippen LogP contribution in [0.4, 0.5) is 0 Å². The summed E-state index contributed by atoms with van der Waals surface area (Å²) in [7, 11) is 5.25. The molecular formula is C33H62N2O12. The van der Waals surface area contributed by atoms with E-state index in [0.717, 1.165) is 0 Å². The van der Waals surface area contributed by atoms with Gasteiger partial charge in [-0.15, -0.1) is 0 Å². The van der Waals surface area contributed by atoms with Crippen LogP contribution in [-0.2, 0) is 33.3 Å². The van der Waals surface area contributed by atoms with Crippen molar-refractivity contribution < 1.29 is 58.8 Å². The molecule has 0 aromatic carbocycles. The van der Waals surface area contributed by atoms with E-state index in [0.29, 0.717) is 18.7 Å². The highest BCUT2D eigenvalue weighted by Gasteiger charge is 2.51. The number of cyclic esters (lactones) is 1. The third-order valence-electron chi connectivity index (χ3n) is 9.85. The molecule has 14 atom stereocenters. The van der Waals surface area contributed by atoms with Gasteiger partial charge >= 0.3 is 5.97 Å². The van der Waals surface area contributed by atoms with E-state index >= 15 is 0 Å². The van der Waals surface area contributed by atoms with E-state index in [1.807, 2.05) is 25.9 Å². The van der Waals surface area contributed by atoms with Crippen molar-refractivity contribution in [1.29, 1.82) is 0 Å². The van der Waals surface area contributed by atoms with E-state index in [1.165, 1.54) is 13.8 Å². The van der Waals surface area contributed by atoms with Crippen LogP contribution in [-0.4, -0.2) is 143 Å². The normalized spacial score (nSPS) is 43.9. The highest BCUT2D eigenvalue weighted by atomic mass is 16.7. The second kappa shape index (κ2) is 18.0. The van der Waals surface area contributed by atoms with Crippen LogP contribution in [0.1, 0.15) is 74.7 Å². The maximum Gasteiger partial charge on any atom is 0.311 e. The summed E-state index contributed by atoms with van der Waals surface area (Å²) in [6.45, 7) is 13.5. The number of hydrogen-bond donors (Lipinski definition) is 5. The number of carbonyl (C=O) groups is 1. The quantitative estimate of drug-likeness (QED) is 0.0963. The van der Waals surface area contributed by atoms with Gasteiger partial charge < -0.3 is 59.0 Å². The van der Waals surface area contributed by atoms with Gasteiger partial charge in [-0.05, 0) is 61.1 Å². The summed E-state index contributed by atoms with van der Waals surface area (Å²) < 4.78 is 28.5. The molecule has 0 aromatic heterocycles. The largest absolute Gasteiger partial charge is 0.459 e. The summed E-state index contributed by atoms with van der Waals surface area (Å²) in [5.74, 6) is -4.17. The van der Waals surface area contributed by atoms with Crippen LogP contribution in [0.25, 0.3) is 0 Å².